The van der Waals surface area contributed by atoms with Crippen LogP contribution in [0.2, 0.25) is 0 Å². The van der Waals surface area contributed by atoms with E-state index in [1.165, 1.54) is 12.1 Å². The van der Waals surface area contributed by atoms with Crippen LogP contribution in [0, 0.1) is 11.3 Å². The molecule has 1 aromatic carbocycles. The summed E-state index contributed by atoms with van der Waals surface area (Å²) in [6, 6.07) is 3.84. The lowest BCUT2D eigenvalue weighted by Crippen LogP contribution is -1.69. The number of phenolic OH excluding ortho intramolecular Hbond substituents is 1. The molecule has 9 heavy (non-hydrogen) atoms. The Hall–Kier alpha value is -1.49. The smallest absolute Gasteiger partial charge is 0.115 e. The highest BCUT2D eigenvalue weighted by Crippen LogP contribution is 2.07. The van der Waals surface area contributed by atoms with E-state index in [1.807, 2.05) is 0 Å². The lowest BCUT2D eigenvalue weighted by Gasteiger charge is -1.87. The highest BCUT2D eigenvalue weighted by atomic mass is 16.3. The van der Waals surface area contributed by atoms with Crippen molar-refractivity contribution in [2.24, 2.45) is 0 Å². The fourth-order valence-electron chi connectivity index (χ4n) is 0.440. The molecule has 2 nitrogen and oxygen atoms in total. The molecule has 44 valence electrons. The molecule has 0 heterocycles. The second kappa shape index (κ2) is 2.19. The van der Waals surface area contributed by atoms with Gasteiger partial charge in [0.1, 0.15) is 5.75 Å². The van der Waals surface area contributed by atoms with E-state index in [4.69, 9.17) is 13.1 Å². The van der Waals surface area contributed by atoms with Crippen LogP contribution in [-0.2, 0) is 0 Å². The number of nitrogens with zero attached hydrogens (tertiary/aromatic N) is 1. The third-order valence-corrected chi connectivity index (χ3v) is 0.858. The average Bonchev–Trinajstić information content (AvgIpc) is 1.99. The van der Waals surface area contributed by atoms with Gasteiger partial charge in [0.15, 0.2) is 0 Å². The maximum absolute atomic E-state index is 8.94. The van der Waals surface area contributed by atoms with Gasteiger partial charge in [-0.25, -0.2) is 0 Å². The third-order valence-electron chi connectivity index (χ3n) is 0.858. The summed E-state index contributed by atoms with van der Waals surface area (Å²) in [5, 5.41) is 17.3. The van der Waals surface area contributed by atoms with Crippen LogP contribution in [0.25, 0.3) is 0 Å². The fourth-order valence-corrected chi connectivity index (χ4v) is 0.440. The molecule has 1 N–H and O–H groups in total. The van der Waals surface area contributed by atoms with Gasteiger partial charge in [0.2, 0.25) is 0 Å². The van der Waals surface area contributed by atoms with Gasteiger partial charge in [-0.1, -0.05) is 0 Å². The van der Waals surface area contributed by atoms with E-state index < -0.39 is 0 Å². The minimum Gasteiger partial charge on any atom is -0.508 e. The molecule has 0 saturated carbocycles. The molecular weight excluding hydrogens is 114 g/mol. The Morgan fingerprint density at radius 3 is 2.56 bits per heavy atom. The number of benzene rings is 1. The first-order valence-corrected chi connectivity index (χ1v) is 2.35. The van der Waals surface area contributed by atoms with Crippen LogP contribution in [0.4, 0.5) is 0 Å². The van der Waals surface area contributed by atoms with Gasteiger partial charge in [0.25, 0.3) is 0 Å². The molecule has 0 radical (unpaired) electrons. The first-order chi connectivity index (χ1) is 5.15. The summed E-state index contributed by atoms with van der Waals surface area (Å²) in [7, 11) is 0. The standard InChI is InChI=1S/C7H5NO/c8-5-6-1-3-7(9)4-2-6/h1-4,9H/i3T,4T. The van der Waals surface area contributed by atoms with Crippen molar-refractivity contribution in [3.8, 4) is 11.8 Å². The first kappa shape index (κ1) is 3.52. The summed E-state index contributed by atoms with van der Waals surface area (Å²) in [4.78, 5) is 0. The van der Waals surface area contributed by atoms with Crippen molar-refractivity contribution < 1.29 is 7.85 Å². The predicted octanol–water partition coefficient (Wildman–Crippen LogP) is 1.26. The monoisotopic (exact) mass is 123 g/mol. The predicted molar refractivity (Wildman–Crippen MR) is 32.8 cm³/mol. The van der Waals surface area contributed by atoms with Gasteiger partial charge in [0.05, 0.1) is 14.4 Å². The Bertz CT molecular complexity index is 307. The molecule has 0 fully saturated rings. The van der Waals surface area contributed by atoms with E-state index in [-0.39, 0.29) is 23.4 Å². The van der Waals surface area contributed by atoms with E-state index in [9.17, 15) is 0 Å². The Morgan fingerprint density at radius 1 is 1.56 bits per heavy atom. The largest absolute Gasteiger partial charge is 0.508 e. The number of nitriles is 1. The minimum absolute atomic E-state index is 0.186. The molecule has 2 heteroatoms. The van der Waals surface area contributed by atoms with Crippen molar-refractivity contribution in [2.45, 2.75) is 0 Å². The van der Waals surface area contributed by atoms with Crippen molar-refractivity contribution in [3.63, 3.8) is 0 Å². The van der Waals surface area contributed by atoms with Crippen molar-refractivity contribution in [3.05, 3.63) is 29.8 Å². The van der Waals surface area contributed by atoms with E-state index in [1.54, 1.807) is 6.07 Å². The summed E-state index contributed by atoms with van der Waals surface area (Å²) < 4.78 is 14.2. The van der Waals surface area contributed by atoms with E-state index in [0.717, 1.165) is 0 Å². The Kier molecular flexibility index (Phi) is 0.855. The van der Waals surface area contributed by atoms with Crippen LogP contribution >= 0.6 is 0 Å². The van der Waals surface area contributed by atoms with Crippen molar-refractivity contribution in [2.75, 3.05) is 0 Å². The van der Waals surface area contributed by atoms with Gasteiger partial charge in [-0.05, 0) is 24.2 Å². The average molecular weight is 123 g/mol. The van der Waals surface area contributed by atoms with E-state index in [0.29, 0.717) is 0 Å². The number of hydrogen-bond donors (Lipinski definition) is 1. The molecule has 0 aliphatic carbocycles. The summed E-state index contributed by atoms with van der Waals surface area (Å²) in [5.41, 5.74) is 0.220. The zero-order valence-electron chi connectivity index (χ0n) is 6.55. The number of aromatic hydroxyl groups is 1. The first-order valence-electron chi connectivity index (χ1n) is 3.35. The van der Waals surface area contributed by atoms with Gasteiger partial charge in [-0.2, -0.15) is 5.26 Å². The summed E-state index contributed by atoms with van der Waals surface area (Å²) in [5.74, 6) is -0.385. The molecular formula is C7H5NO. The molecule has 0 aromatic heterocycles. The second-order valence-corrected chi connectivity index (χ2v) is 1.49. The van der Waals surface area contributed by atoms with E-state index >= 15 is 0 Å². The summed E-state index contributed by atoms with van der Waals surface area (Å²) in [6.07, 6.45) is 0. The van der Waals surface area contributed by atoms with Gasteiger partial charge >= 0.3 is 0 Å². The summed E-state index contributed by atoms with van der Waals surface area (Å²) >= 11 is 0. The number of phenols is 1. The normalized spacial score (nSPS) is 11.4. The van der Waals surface area contributed by atoms with Gasteiger partial charge in [-0.15, -0.1) is 0 Å². The van der Waals surface area contributed by atoms with Gasteiger partial charge in [0, 0.05) is 0 Å². The van der Waals surface area contributed by atoms with Gasteiger partial charge in [-0.3, -0.25) is 0 Å². The van der Waals surface area contributed by atoms with Crippen LogP contribution in [0.15, 0.2) is 24.2 Å². The Labute approximate surface area is 55.8 Å². The maximum atomic E-state index is 8.94. The molecule has 1 aromatic rings. The lowest BCUT2D eigenvalue weighted by molar-refractivity contribution is 0.475. The van der Waals surface area contributed by atoms with Crippen LogP contribution < -0.4 is 0 Å². The molecule has 0 bridgehead atoms. The van der Waals surface area contributed by atoms with Crippen LogP contribution in [-0.4, -0.2) is 5.11 Å². The zero-order valence-corrected chi connectivity index (χ0v) is 4.55. The van der Waals surface area contributed by atoms with Crippen molar-refractivity contribution >= 4 is 0 Å². The SMILES string of the molecule is [3H]c1cc(C#N)cc([3H])c1O. The quantitative estimate of drug-likeness (QED) is 0.564. The van der Waals surface area contributed by atoms with Crippen molar-refractivity contribution in [1.29, 1.82) is 5.26 Å². The van der Waals surface area contributed by atoms with E-state index in [2.05, 4.69) is 0 Å². The van der Waals surface area contributed by atoms with Crippen LogP contribution in [0.3, 0.4) is 0 Å². The highest BCUT2D eigenvalue weighted by molar-refractivity contribution is 5.33. The van der Waals surface area contributed by atoms with Gasteiger partial charge < -0.3 is 5.11 Å². The molecule has 0 aliphatic rings. The number of hydrogen-bond acceptors (Lipinski definition) is 2. The Balaban J connectivity index is 3.35. The summed E-state index contributed by atoms with van der Waals surface area (Å²) in [6.45, 7) is 0. The van der Waals surface area contributed by atoms with Crippen LogP contribution in [0.1, 0.15) is 8.30 Å². The molecule has 0 spiro atoms. The lowest BCUT2D eigenvalue weighted by atomic mass is 10.2. The molecule has 0 atom stereocenters. The molecule has 0 unspecified atom stereocenters. The molecule has 0 amide bonds. The fraction of sp³-hybridized carbons (Fsp3) is 0. The second-order valence-electron chi connectivity index (χ2n) is 1.49. The third kappa shape index (κ3) is 1.20. The Morgan fingerprint density at radius 2 is 2.11 bits per heavy atom. The molecule has 0 saturated heterocycles. The zero-order chi connectivity index (χ0) is 8.43. The number of rotatable bonds is 0. The van der Waals surface area contributed by atoms with Crippen LogP contribution in [0.5, 0.6) is 5.75 Å². The molecule has 0 aliphatic heterocycles. The molecule has 1 rings (SSSR count). The highest BCUT2D eigenvalue weighted by Gasteiger charge is 1.86. The maximum Gasteiger partial charge on any atom is 0.115 e. The topological polar surface area (TPSA) is 44.0 Å². The minimum atomic E-state index is -0.385. The van der Waals surface area contributed by atoms with Crippen molar-refractivity contribution in [1.82, 2.24) is 0 Å².